The van der Waals surface area contributed by atoms with Gasteiger partial charge < -0.3 is 10.4 Å². The molecule has 0 atom stereocenters. The molecular formula is C10H11N3O4S. The molecule has 1 heterocycles. The van der Waals surface area contributed by atoms with Gasteiger partial charge in [-0.15, -0.1) is 11.3 Å². The molecule has 18 heavy (non-hydrogen) atoms. The summed E-state index contributed by atoms with van der Waals surface area (Å²) in [4.78, 5) is 36.3. The largest absolute Gasteiger partial charge is 0.478 e. The lowest BCUT2D eigenvalue weighted by molar-refractivity contribution is -0.131. The lowest BCUT2D eigenvalue weighted by atomic mass is 10.4. The molecule has 0 aliphatic heterocycles. The van der Waals surface area contributed by atoms with E-state index in [9.17, 15) is 14.4 Å². The van der Waals surface area contributed by atoms with Crippen molar-refractivity contribution in [2.75, 3.05) is 6.54 Å². The highest BCUT2D eigenvalue weighted by Crippen LogP contribution is 2.03. The zero-order valence-electron chi connectivity index (χ0n) is 9.25. The van der Waals surface area contributed by atoms with E-state index >= 15 is 0 Å². The lowest BCUT2D eigenvalue weighted by Crippen LogP contribution is -2.39. The first kappa shape index (κ1) is 13.8. The number of nitrogens with one attached hydrogen (secondary N) is 2. The Bertz CT molecular complexity index is 456. The van der Waals surface area contributed by atoms with Gasteiger partial charge in [0, 0.05) is 36.7 Å². The van der Waals surface area contributed by atoms with Crippen LogP contribution in [0.25, 0.3) is 0 Å². The molecule has 0 saturated heterocycles. The summed E-state index contributed by atoms with van der Waals surface area (Å²) in [5.41, 5.74) is 0. The van der Waals surface area contributed by atoms with Crippen LogP contribution in [0.2, 0.25) is 0 Å². The minimum atomic E-state index is -1.26. The molecule has 0 aliphatic rings. The van der Waals surface area contributed by atoms with Crippen LogP contribution in [0, 0.1) is 0 Å². The van der Waals surface area contributed by atoms with Crippen molar-refractivity contribution in [3.8, 4) is 0 Å². The molecule has 3 N–H and O–H groups in total. The number of carboxylic acids is 1. The Morgan fingerprint density at radius 2 is 2.17 bits per heavy atom. The smallest absolute Gasteiger partial charge is 0.328 e. The minimum Gasteiger partial charge on any atom is -0.478 e. The highest BCUT2D eigenvalue weighted by Gasteiger charge is 2.04. The third-order valence-electron chi connectivity index (χ3n) is 1.72. The Morgan fingerprint density at radius 3 is 2.78 bits per heavy atom. The van der Waals surface area contributed by atoms with Gasteiger partial charge in [-0.05, 0) is 0 Å². The van der Waals surface area contributed by atoms with Gasteiger partial charge in [-0.25, -0.2) is 14.6 Å². The van der Waals surface area contributed by atoms with E-state index in [1.807, 2.05) is 10.7 Å². The van der Waals surface area contributed by atoms with Crippen molar-refractivity contribution >= 4 is 29.2 Å². The number of hydrogen-bond donors (Lipinski definition) is 3. The number of carbonyl (C=O) groups excluding carboxylic acids is 2. The summed E-state index contributed by atoms with van der Waals surface area (Å²) in [6.07, 6.45) is 3.66. The molecule has 1 rings (SSSR count). The molecule has 0 spiro atoms. The molecule has 8 heteroatoms. The standard InChI is InChI=1S/C10H11N3O4S/c14-7(1-2-9(15)16)13-10(17)12-4-3-8-11-5-6-18-8/h1-2,5-6H,3-4H2,(H,15,16)(H2,12,13,14,17). The third kappa shape index (κ3) is 5.75. The minimum absolute atomic E-state index is 0.343. The van der Waals surface area contributed by atoms with Gasteiger partial charge in [0.2, 0.25) is 0 Å². The summed E-state index contributed by atoms with van der Waals surface area (Å²) >= 11 is 1.47. The number of aromatic nitrogens is 1. The van der Waals surface area contributed by atoms with Crippen LogP contribution in [-0.4, -0.2) is 34.5 Å². The zero-order valence-corrected chi connectivity index (χ0v) is 10.1. The van der Waals surface area contributed by atoms with Crippen molar-refractivity contribution in [1.29, 1.82) is 0 Å². The lowest BCUT2D eigenvalue weighted by Gasteiger charge is -2.03. The van der Waals surface area contributed by atoms with Gasteiger partial charge in [0.05, 0.1) is 5.01 Å². The normalized spacial score (nSPS) is 10.2. The summed E-state index contributed by atoms with van der Waals surface area (Å²) < 4.78 is 0. The van der Waals surface area contributed by atoms with Gasteiger partial charge in [0.15, 0.2) is 0 Å². The molecule has 7 nitrogen and oxygen atoms in total. The Morgan fingerprint density at radius 1 is 1.39 bits per heavy atom. The Labute approximate surface area is 107 Å². The van der Waals surface area contributed by atoms with Crippen molar-refractivity contribution < 1.29 is 19.5 Å². The maximum Gasteiger partial charge on any atom is 0.328 e. The fourth-order valence-corrected chi connectivity index (χ4v) is 1.62. The molecule has 3 amide bonds. The monoisotopic (exact) mass is 269 g/mol. The predicted octanol–water partition coefficient (Wildman–Crippen LogP) is 0.152. The van der Waals surface area contributed by atoms with Crippen molar-refractivity contribution in [3.63, 3.8) is 0 Å². The topological polar surface area (TPSA) is 108 Å². The van der Waals surface area contributed by atoms with Crippen molar-refractivity contribution in [2.45, 2.75) is 6.42 Å². The highest BCUT2D eigenvalue weighted by atomic mass is 32.1. The van der Waals surface area contributed by atoms with E-state index in [-0.39, 0.29) is 0 Å². The molecule has 0 radical (unpaired) electrons. The quantitative estimate of drug-likeness (QED) is 0.659. The van der Waals surface area contributed by atoms with E-state index in [0.717, 1.165) is 11.1 Å². The number of aliphatic carboxylic acids is 1. The summed E-state index contributed by atoms with van der Waals surface area (Å²) in [5.74, 6) is -2.04. The summed E-state index contributed by atoms with van der Waals surface area (Å²) in [6.45, 7) is 0.343. The second-order valence-electron chi connectivity index (χ2n) is 3.09. The molecule has 0 aromatic carbocycles. The molecule has 0 unspecified atom stereocenters. The van der Waals surface area contributed by atoms with Crippen molar-refractivity contribution in [2.24, 2.45) is 0 Å². The SMILES string of the molecule is O=C(O)C=CC(=O)NC(=O)NCCc1nccs1. The molecular weight excluding hydrogens is 258 g/mol. The van der Waals surface area contributed by atoms with Crippen LogP contribution in [0.5, 0.6) is 0 Å². The van der Waals surface area contributed by atoms with Crippen molar-refractivity contribution in [1.82, 2.24) is 15.6 Å². The number of imide groups is 1. The first-order valence-electron chi connectivity index (χ1n) is 4.96. The predicted molar refractivity (Wildman–Crippen MR) is 64.1 cm³/mol. The van der Waals surface area contributed by atoms with Gasteiger partial charge in [-0.1, -0.05) is 0 Å². The van der Waals surface area contributed by atoms with Crippen LogP contribution in [0.3, 0.4) is 0 Å². The van der Waals surface area contributed by atoms with Gasteiger partial charge in [0.25, 0.3) is 5.91 Å². The van der Waals surface area contributed by atoms with E-state index in [1.165, 1.54) is 11.3 Å². The number of thiazole rings is 1. The molecule has 1 aromatic rings. The molecule has 0 fully saturated rings. The molecule has 96 valence electrons. The number of hydrogen-bond acceptors (Lipinski definition) is 5. The molecule has 1 aromatic heterocycles. The Hall–Kier alpha value is -2.22. The van der Waals surface area contributed by atoms with E-state index in [2.05, 4.69) is 10.3 Å². The maximum absolute atomic E-state index is 11.2. The second-order valence-corrected chi connectivity index (χ2v) is 4.07. The van der Waals surface area contributed by atoms with Gasteiger partial charge in [-0.2, -0.15) is 0 Å². The van der Waals surface area contributed by atoms with Crippen LogP contribution < -0.4 is 10.6 Å². The number of carboxylic acid groups (broad SMARTS) is 1. The number of amides is 3. The van der Waals surface area contributed by atoms with Gasteiger partial charge in [0.1, 0.15) is 0 Å². The first-order valence-corrected chi connectivity index (χ1v) is 5.84. The van der Waals surface area contributed by atoms with E-state index in [1.54, 1.807) is 6.20 Å². The fraction of sp³-hybridized carbons (Fsp3) is 0.200. The molecule has 0 aliphatic carbocycles. The van der Waals surface area contributed by atoms with Crippen LogP contribution >= 0.6 is 11.3 Å². The van der Waals surface area contributed by atoms with Crippen LogP contribution in [0.15, 0.2) is 23.7 Å². The summed E-state index contributed by atoms with van der Waals surface area (Å²) in [7, 11) is 0. The number of nitrogens with zero attached hydrogens (tertiary/aromatic N) is 1. The van der Waals surface area contributed by atoms with Crippen molar-refractivity contribution in [3.05, 3.63) is 28.7 Å². The molecule has 0 saturated carbocycles. The first-order chi connectivity index (χ1) is 8.58. The zero-order chi connectivity index (χ0) is 13.4. The van der Waals surface area contributed by atoms with Gasteiger partial charge in [-0.3, -0.25) is 10.1 Å². The third-order valence-corrected chi connectivity index (χ3v) is 2.56. The molecule has 0 bridgehead atoms. The van der Waals surface area contributed by atoms with Gasteiger partial charge >= 0.3 is 12.0 Å². The van der Waals surface area contributed by atoms with Crippen LogP contribution in [-0.2, 0) is 16.0 Å². The summed E-state index contributed by atoms with van der Waals surface area (Å²) in [5, 5.41) is 15.4. The number of rotatable bonds is 5. The Kier molecular flexibility index (Phi) is 5.52. The van der Waals surface area contributed by atoms with Crippen LogP contribution in [0.1, 0.15) is 5.01 Å². The maximum atomic E-state index is 11.2. The van der Waals surface area contributed by atoms with E-state index < -0.39 is 17.9 Å². The van der Waals surface area contributed by atoms with E-state index in [4.69, 9.17) is 5.11 Å². The Balaban J connectivity index is 2.21. The van der Waals surface area contributed by atoms with E-state index in [0.29, 0.717) is 19.0 Å². The van der Waals surface area contributed by atoms with Crippen LogP contribution in [0.4, 0.5) is 4.79 Å². The number of carbonyl (C=O) groups is 3. The number of urea groups is 1. The highest BCUT2D eigenvalue weighted by molar-refractivity contribution is 7.09. The average molecular weight is 269 g/mol. The summed E-state index contributed by atoms with van der Waals surface area (Å²) in [6, 6.07) is -0.674. The second kappa shape index (κ2) is 7.17. The average Bonchev–Trinajstić information content (AvgIpc) is 2.79. The fourth-order valence-electron chi connectivity index (χ4n) is 1.00.